The number of halogens is 1. The summed E-state index contributed by atoms with van der Waals surface area (Å²) in [6, 6.07) is 4.47. The van der Waals surface area contributed by atoms with Gasteiger partial charge in [0, 0.05) is 11.8 Å². The average molecular weight is 355 g/mol. The second-order valence-electron chi connectivity index (χ2n) is 7.59. The molecule has 4 nitrogen and oxygen atoms in total. The third-order valence-electron chi connectivity index (χ3n) is 3.11. The zero-order valence-corrected chi connectivity index (χ0v) is 16.2. The molecule has 1 rings (SSSR count). The number of nitrogens with zero attached hydrogens (tertiary/aromatic N) is 1. The molecule has 0 N–H and O–H groups in total. The van der Waals surface area contributed by atoms with Gasteiger partial charge in [0.05, 0.1) is 10.7 Å². The molecule has 0 aliphatic rings. The first-order valence-corrected chi connectivity index (χ1v) is 8.91. The largest absolute Gasteiger partial charge is 0.460 e. The molecular weight excluding hydrogens is 329 g/mol. The number of hydrogen-bond donors (Lipinski definition) is 0. The van der Waals surface area contributed by atoms with Crippen LogP contribution in [-0.2, 0) is 20.5 Å². The molecule has 2 atom stereocenters. The fourth-order valence-corrected chi connectivity index (χ4v) is 2.36. The van der Waals surface area contributed by atoms with E-state index in [9.17, 15) is 13.4 Å². The molecule has 0 fully saturated rings. The van der Waals surface area contributed by atoms with Crippen molar-refractivity contribution in [3.63, 3.8) is 0 Å². The highest BCUT2D eigenvalue weighted by Gasteiger charge is 2.26. The number of benzene rings is 1. The van der Waals surface area contributed by atoms with Crippen molar-refractivity contribution in [1.29, 1.82) is 0 Å². The Kier molecular flexibility index (Phi) is 6.45. The monoisotopic (exact) mass is 355 g/mol. The van der Waals surface area contributed by atoms with E-state index in [1.165, 1.54) is 18.3 Å². The summed E-state index contributed by atoms with van der Waals surface area (Å²) < 4.78 is 35.0. The van der Waals surface area contributed by atoms with Crippen molar-refractivity contribution in [2.45, 2.75) is 64.7 Å². The SMILES string of the molecule is CC(C(=O)OC(C)(C)C)c1cccc(F)c1/C=N/[S@@](=O)C(C)(C)C. The minimum absolute atomic E-state index is 0.161. The fourth-order valence-electron chi connectivity index (χ4n) is 1.84. The molecule has 0 amide bonds. The minimum atomic E-state index is -1.51. The summed E-state index contributed by atoms with van der Waals surface area (Å²) in [5, 5.41) is 0. The van der Waals surface area contributed by atoms with E-state index in [0.717, 1.165) is 0 Å². The molecule has 0 saturated heterocycles. The Morgan fingerprint density at radius 1 is 1.25 bits per heavy atom. The predicted molar refractivity (Wildman–Crippen MR) is 96.1 cm³/mol. The third kappa shape index (κ3) is 5.82. The van der Waals surface area contributed by atoms with Crippen molar-refractivity contribution in [3.8, 4) is 0 Å². The Labute approximate surface area is 146 Å². The number of rotatable bonds is 4. The van der Waals surface area contributed by atoms with Gasteiger partial charge >= 0.3 is 5.97 Å². The highest BCUT2D eigenvalue weighted by Crippen LogP contribution is 2.25. The second-order valence-corrected chi connectivity index (χ2v) is 9.53. The number of esters is 1. The Bertz CT molecular complexity index is 657. The predicted octanol–water partition coefficient (Wildman–Crippen LogP) is 4.15. The lowest BCUT2D eigenvalue weighted by Gasteiger charge is -2.23. The standard InChI is InChI=1S/C18H26FNO3S/c1-12(16(21)23-17(2,3)4)13-9-8-10-15(19)14(13)11-20-24(22)18(5,6)7/h8-12H,1-7H3/b20-11+/t12?,24-/m0/s1. The molecule has 1 aromatic rings. The topological polar surface area (TPSA) is 55.7 Å². The van der Waals surface area contributed by atoms with Crippen LogP contribution in [-0.4, -0.2) is 26.7 Å². The van der Waals surface area contributed by atoms with Crippen LogP contribution in [0.3, 0.4) is 0 Å². The van der Waals surface area contributed by atoms with Gasteiger partial charge in [-0.1, -0.05) is 12.1 Å². The number of carbonyl (C=O) groups excluding carboxylic acids is 1. The maximum absolute atomic E-state index is 14.2. The maximum Gasteiger partial charge on any atom is 0.313 e. The van der Waals surface area contributed by atoms with Crippen LogP contribution < -0.4 is 0 Å². The molecule has 0 radical (unpaired) electrons. The molecule has 0 heterocycles. The van der Waals surface area contributed by atoms with Crippen molar-refractivity contribution in [2.75, 3.05) is 0 Å². The van der Waals surface area contributed by atoms with E-state index in [1.54, 1.807) is 54.5 Å². The van der Waals surface area contributed by atoms with Crippen molar-refractivity contribution in [3.05, 3.63) is 35.1 Å². The molecule has 1 unspecified atom stereocenters. The first-order valence-electron chi connectivity index (χ1n) is 7.80. The van der Waals surface area contributed by atoms with Crippen molar-refractivity contribution < 1.29 is 18.1 Å². The summed E-state index contributed by atoms with van der Waals surface area (Å²) in [5.74, 6) is -1.62. The molecule has 0 bridgehead atoms. The van der Waals surface area contributed by atoms with E-state index in [1.807, 2.05) is 0 Å². The highest BCUT2D eigenvalue weighted by molar-refractivity contribution is 7.85. The van der Waals surface area contributed by atoms with E-state index < -0.39 is 39.0 Å². The van der Waals surface area contributed by atoms with Gasteiger partial charge < -0.3 is 4.74 Å². The lowest BCUT2D eigenvalue weighted by molar-refractivity contribution is -0.156. The summed E-state index contributed by atoms with van der Waals surface area (Å²) in [6.07, 6.45) is 1.24. The Balaban J connectivity index is 3.18. The Morgan fingerprint density at radius 3 is 2.33 bits per heavy atom. The van der Waals surface area contributed by atoms with E-state index in [-0.39, 0.29) is 5.56 Å². The highest BCUT2D eigenvalue weighted by atomic mass is 32.2. The Morgan fingerprint density at radius 2 is 1.83 bits per heavy atom. The lowest BCUT2D eigenvalue weighted by atomic mass is 9.95. The van der Waals surface area contributed by atoms with Crippen LogP contribution in [0.2, 0.25) is 0 Å². The van der Waals surface area contributed by atoms with Crippen LogP contribution >= 0.6 is 0 Å². The second kappa shape index (κ2) is 7.55. The zero-order valence-electron chi connectivity index (χ0n) is 15.3. The van der Waals surface area contributed by atoms with Gasteiger partial charge in [0.1, 0.15) is 22.4 Å². The summed E-state index contributed by atoms with van der Waals surface area (Å²) in [5.41, 5.74) is -0.00642. The summed E-state index contributed by atoms with van der Waals surface area (Å²) in [6.45, 7) is 12.3. The van der Waals surface area contributed by atoms with Crippen molar-refractivity contribution >= 4 is 23.2 Å². The van der Waals surface area contributed by atoms with Crippen molar-refractivity contribution in [2.24, 2.45) is 4.40 Å². The first-order chi connectivity index (χ1) is 10.8. The summed E-state index contributed by atoms with van der Waals surface area (Å²) >= 11 is 0. The first kappa shape index (κ1) is 20.5. The Hall–Kier alpha value is -1.56. The molecule has 0 saturated carbocycles. The van der Waals surface area contributed by atoms with Gasteiger partial charge in [-0.05, 0) is 60.1 Å². The third-order valence-corrected chi connectivity index (χ3v) is 4.46. The molecule has 0 aromatic heterocycles. The molecule has 1 aromatic carbocycles. The zero-order chi connectivity index (χ0) is 18.7. The van der Waals surface area contributed by atoms with Gasteiger partial charge in [-0.2, -0.15) is 4.40 Å². The van der Waals surface area contributed by atoms with Gasteiger partial charge in [0.25, 0.3) is 0 Å². The van der Waals surface area contributed by atoms with Crippen LogP contribution in [0.1, 0.15) is 65.5 Å². The molecule has 6 heteroatoms. The van der Waals surface area contributed by atoms with Gasteiger partial charge in [0.2, 0.25) is 0 Å². The molecule has 0 spiro atoms. The molecule has 24 heavy (non-hydrogen) atoms. The van der Waals surface area contributed by atoms with Crippen LogP contribution in [0.15, 0.2) is 22.6 Å². The molecule has 0 aliphatic carbocycles. The quantitative estimate of drug-likeness (QED) is 0.602. The number of hydrogen-bond acceptors (Lipinski definition) is 3. The van der Waals surface area contributed by atoms with Gasteiger partial charge in [-0.3, -0.25) is 4.79 Å². The smallest absolute Gasteiger partial charge is 0.313 e. The van der Waals surface area contributed by atoms with E-state index >= 15 is 0 Å². The minimum Gasteiger partial charge on any atom is -0.460 e. The summed E-state index contributed by atoms with van der Waals surface area (Å²) in [4.78, 5) is 12.3. The van der Waals surface area contributed by atoms with E-state index in [4.69, 9.17) is 4.74 Å². The van der Waals surface area contributed by atoms with Crippen LogP contribution in [0, 0.1) is 5.82 Å². The van der Waals surface area contributed by atoms with Crippen LogP contribution in [0.25, 0.3) is 0 Å². The van der Waals surface area contributed by atoms with Crippen LogP contribution in [0.5, 0.6) is 0 Å². The summed E-state index contributed by atoms with van der Waals surface area (Å²) in [7, 11) is -1.51. The van der Waals surface area contributed by atoms with E-state index in [2.05, 4.69) is 4.40 Å². The average Bonchev–Trinajstić information content (AvgIpc) is 2.41. The number of ether oxygens (including phenoxy) is 1. The molecule has 134 valence electrons. The molecular formula is C18H26FNO3S. The fraction of sp³-hybridized carbons (Fsp3) is 0.556. The van der Waals surface area contributed by atoms with Crippen LogP contribution in [0.4, 0.5) is 4.39 Å². The normalized spacial score (nSPS) is 15.3. The van der Waals surface area contributed by atoms with Gasteiger partial charge in [-0.25, -0.2) is 8.60 Å². The van der Waals surface area contributed by atoms with Gasteiger partial charge in [0.15, 0.2) is 0 Å². The maximum atomic E-state index is 14.2. The van der Waals surface area contributed by atoms with E-state index in [0.29, 0.717) is 5.56 Å². The van der Waals surface area contributed by atoms with Crippen molar-refractivity contribution in [1.82, 2.24) is 0 Å². The van der Waals surface area contributed by atoms with Gasteiger partial charge in [-0.15, -0.1) is 0 Å². The molecule has 0 aliphatic heterocycles. The lowest BCUT2D eigenvalue weighted by Crippen LogP contribution is -2.27. The number of carbonyl (C=O) groups is 1.